The first-order chi connectivity index (χ1) is 16.1. The molecule has 0 aromatic heterocycles. The van der Waals surface area contributed by atoms with E-state index in [1.165, 1.54) is 11.1 Å². The second-order valence-corrected chi connectivity index (χ2v) is 7.24. The summed E-state index contributed by atoms with van der Waals surface area (Å²) in [6, 6.07) is 21.8. The van der Waals surface area contributed by atoms with Crippen molar-refractivity contribution < 1.29 is 32.7 Å². The maximum atomic E-state index is 12.5. The number of fused-ring (bicyclic) bond motifs is 1. The molecule has 1 heterocycles. The predicted molar refractivity (Wildman–Crippen MR) is 119 cm³/mol. The van der Waals surface area contributed by atoms with E-state index in [0.717, 1.165) is 18.8 Å². The first kappa shape index (κ1) is 24.5. The summed E-state index contributed by atoms with van der Waals surface area (Å²) < 4.78 is 31.7. The standard InChI is InChI=1S/C22H19N3O2.C2HF3O2/c26-21(15-4-2-1-3-5-15)24-19-9-6-16(7-10-19)22(27)25-20-11-8-17-13-23-14-18(17)12-20;3-2(4,5)1(6)7/h1-12,23H,13-14H2,(H,24,26)(H,25,27);(H,6,7). The molecule has 0 bridgehead atoms. The number of alkyl halides is 3. The Labute approximate surface area is 192 Å². The molecule has 0 aliphatic carbocycles. The predicted octanol–water partition coefficient (Wildman–Crippen LogP) is 4.43. The molecule has 176 valence electrons. The van der Waals surface area contributed by atoms with Gasteiger partial charge in [0.15, 0.2) is 0 Å². The highest BCUT2D eigenvalue weighted by molar-refractivity contribution is 6.06. The second-order valence-electron chi connectivity index (χ2n) is 7.24. The molecule has 34 heavy (non-hydrogen) atoms. The Kier molecular flexibility index (Phi) is 7.64. The Morgan fingerprint density at radius 2 is 1.24 bits per heavy atom. The third-order valence-corrected chi connectivity index (χ3v) is 4.78. The van der Waals surface area contributed by atoms with Gasteiger partial charge in [-0.1, -0.05) is 24.3 Å². The summed E-state index contributed by atoms with van der Waals surface area (Å²) in [4.78, 5) is 33.5. The second kappa shape index (κ2) is 10.6. The fourth-order valence-electron chi connectivity index (χ4n) is 3.07. The summed E-state index contributed by atoms with van der Waals surface area (Å²) in [7, 11) is 0. The van der Waals surface area contributed by atoms with Crippen LogP contribution in [0.5, 0.6) is 0 Å². The molecular weight excluding hydrogens is 451 g/mol. The summed E-state index contributed by atoms with van der Waals surface area (Å²) in [5.41, 5.74) is 5.03. The minimum atomic E-state index is -5.08. The maximum Gasteiger partial charge on any atom is 0.490 e. The van der Waals surface area contributed by atoms with Gasteiger partial charge in [-0.3, -0.25) is 9.59 Å². The first-order valence-corrected chi connectivity index (χ1v) is 10.0. The number of carboxylic acid groups (broad SMARTS) is 1. The van der Waals surface area contributed by atoms with Crippen LogP contribution in [0.25, 0.3) is 0 Å². The van der Waals surface area contributed by atoms with Crippen molar-refractivity contribution in [1.29, 1.82) is 0 Å². The molecule has 10 heteroatoms. The van der Waals surface area contributed by atoms with E-state index < -0.39 is 12.1 Å². The van der Waals surface area contributed by atoms with Crippen LogP contribution in [0, 0.1) is 0 Å². The van der Waals surface area contributed by atoms with E-state index in [1.54, 1.807) is 36.4 Å². The zero-order valence-corrected chi connectivity index (χ0v) is 17.6. The van der Waals surface area contributed by atoms with E-state index in [1.807, 2.05) is 36.4 Å². The van der Waals surface area contributed by atoms with E-state index in [4.69, 9.17) is 9.90 Å². The van der Waals surface area contributed by atoms with Crippen LogP contribution in [0.1, 0.15) is 31.8 Å². The highest BCUT2D eigenvalue weighted by Gasteiger charge is 2.38. The van der Waals surface area contributed by atoms with Gasteiger partial charge in [0.05, 0.1) is 0 Å². The summed E-state index contributed by atoms with van der Waals surface area (Å²) in [5, 5.41) is 16.2. The van der Waals surface area contributed by atoms with Crippen LogP contribution in [-0.2, 0) is 17.9 Å². The maximum absolute atomic E-state index is 12.5. The molecule has 0 fully saturated rings. The Hall–Kier alpha value is -4.18. The zero-order valence-electron chi connectivity index (χ0n) is 17.6. The van der Waals surface area contributed by atoms with Crippen molar-refractivity contribution in [2.45, 2.75) is 19.3 Å². The molecule has 0 saturated heterocycles. The van der Waals surface area contributed by atoms with Gasteiger partial charge in [0.25, 0.3) is 11.8 Å². The van der Waals surface area contributed by atoms with Crippen LogP contribution in [0.15, 0.2) is 72.8 Å². The number of rotatable bonds is 4. The molecule has 7 nitrogen and oxygen atoms in total. The lowest BCUT2D eigenvalue weighted by atomic mass is 10.1. The smallest absolute Gasteiger partial charge is 0.475 e. The van der Waals surface area contributed by atoms with Crippen molar-refractivity contribution in [2.24, 2.45) is 0 Å². The lowest BCUT2D eigenvalue weighted by molar-refractivity contribution is -0.192. The minimum Gasteiger partial charge on any atom is -0.475 e. The normalized spacial score (nSPS) is 12.1. The van der Waals surface area contributed by atoms with Gasteiger partial charge in [-0.2, -0.15) is 13.2 Å². The molecular formula is C24H20F3N3O4. The van der Waals surface area contributed by atoms with Crippen LogP contribution in [0.4, 0.5) is 24.5 Å². The summed E-state index contributed by atoms with van der Waals surface area (Å²) >= 11 is 0. The quantitative estimate of drug-likeness (QED) is 0.451. The molecule has 1 aliphatic rings. The van der Waals surface area contributed by atoms with E-state index in [0.29, 0.717) is 16.8 Å². The number of halogens is 3. The van der Waals surface area contributed by atoms with Crippen molar-refractivity contribution in [2.75, 3.05) is 10.6 Å². The molecule has 0 atom stereocenters. The average molecular weight is 471 g/mol. The lowest BCUT2D eigenvalue weighted by Gasteiger charge is -2.09. The van der Waals surface area contributed by atoms with Crippen molar-refractivity contribution in [1.82, 2.24) is 5.32 Å². The summed E-state index contributed by atoms with van der Waals surface area (Å²) in [6.45, 7) is 1.70. The number of nitrogens with one attached hydrogen (secondary N) is 3. The van der Waals surface area contributed by atoms with Gasteiger partial charge in [0.1, 0.15) is 0 Å². The van der Waals surface area contributed by atoms with Crippen LogP contribution < -0.4 is 16.0 Å². The summed E-state index contributed by atoms with van der Waals surface area (Å²) in [6.07, 6.45) is -5.08. The van der Waals surface area contributed by atoms with Crippen molar-refractivity contribution in [3.63, 3.8) is 0 Å². The van der Waals surface area contributed by atoms with Crippen LogP contribution in [0.3, 0.4) is 0 Å². The van der Waals surface area contributed by atoms with Gasteiger partial charge >= 0.3 is 12.1 Å². The molecule has 3 aromatic carbocycles. The average Bonchev–Trinajstić information content (AvgIpc) is 3.28. The van der Waals surface area contributed by atoms with Gasteiger partial charge in [0.2, 0.25) is 0 Å². The number of hydrogen-bond acceptors (Lipinski definition) is 4. The third-order valence-electron chi connectivity index (χ3n) is 4.78. The van der Waals surface area contributed by atoms with Crippen LogP contribution >= 0.6 is 0 Å². The van der Waals surface area contributed by atoms with E-state index >= 15 is 0 Å². The van der Waals surface area contributed by atoms with Crippen LogP contribution in [-0.4, -0.2) is 29.1 Å². The Morgan fingerprint density at radius 1 is 0.735 bits per heavy atom. The van der Waals surface area contributed by atoms with Crippen molar-refractivity contribution in [3.05, 3.63) is 95.1 Å². The topological polar surface area (TPSA) is 108 Å². The lowest BCUT2D eigenvalue weighted by Crippen LogP contribution is -2.21. The molecule has 4 N–H and O–H groups in total. The number of benzene rings is 3. The third kappa shape index (κ3) is 6.66. The molecule has 1 aliphatic heterocycles. The van der Waals surface area contributed by atoms with Gasteiger partial charge < -0.3 is 21.1 Å². The first-order valence-electron chi connectivity index (χ1n) is 10.0. The number of carboxylic acids is 1. The number of amides is 2. The SMILES string of the molecule is O=C(Nc1ccc(C(=O)Nc2ccc3c(c2)CNC3)cc1)c1ccccc1.O=C(O)C(F)(F)F. The molecule has 0 spiro atoms. The van der Waals surface area contributed by atoms with E-state index in [9.17, 15) is 22.8 Å². The van der Waals surface area contributed by atoms with E-state index in [2.05, 4.69) is 16.0 Å². The fraction of sp³-hybridized carbons (Fsp3) is 0.125. The molecule has 4 rings (SSSR count). The zero-order chi connectivity index (χ0) is 24.7. The molecule has 2 amide bonds. The molecule has 3 aromatic rings. The number of hydrogen-bond donors (Lipinski definition) is 4. The van der Waals surface area contributed by atoms with Gasteiger partial charge in [-0.05, 0) is 59.7 Å². The summed E-state index contributed by atoms with van der Waals surface area (Å²) in [5.74, 6) is -3.12. The highest BCUT2D eigenvalue weighted by Crippen LogP contribution is 2.21. The highest BCUT2D eigenvalue weighted by atomic mass is 19.4. The Balaban J connectivity index is 0.000000406. The molecule has 0 unspecified atom stereocenters. The Bertz CT molecular complexity index is 1180. The minimum absolute atomic E-state index is 0.179. The van der Waals surface area contributed by atoms with Gasteiger partial charge in [-0.25, -0.2) is 4.79 Å². The van der Waals surface area contributed by atoms with Crippen molar-refractivity contribution in [3.8, 4) is 0 Å². The molecule has 0 radical (unpaired) electrons. The van der Waals surface area contributed by atoms with E-state index in [-0.39, 0.29) is 11.8 Å². The number of carbonyl (C=O) groups is 3. The number of aliphatic carboxylic acids is 1. The Morgan fingerprint density at radius 3 is 1.82 bits per heavy atom. The largest absolute Gasteiger partial charge is 0.490 e. The van der Waals surface area contributed by atoms with Gasteiger partial charge in [0, 0.05) is 35.6 Å². The fourth-order valence-corrected chi connectivity index (χ4v) is 3.07. The number of anilines is 2. The molecule has 0 saturated carbocycles. The van der Waals surface area contributed by atoms with Crippen LogP contribution in [0.2, 0.25) is 0 Å². The van der Waals surface area contributed by atoms with Gasteiger partial charge in [-0.15, -0.1) is 0 Å². The van der Waals surface area contributed by atoms with Crippen molar-refractivity contribution >= 4 is 29.2 Å². The monoisotopic (exact) mass is 471 g/mol. The number of carbonyl (C=O) groups excluding carboxylic acids is 2.